The number of pyridine rings is 1. The number of aromatic nitrogens is 1. The van der Waals surface area contributed by atoms with Crippen LogP contribution >= 0.6 is 22.9 Å². The van der Waals surface area contributed by atoms with E-state index >= 15 is 0 Å². The molecule has 2 heterocycles. The fraction of sp³-hybridized carbons (Fsp3) is 0.0909. The molecule has 0 amide bonds. The Morgan fingerprint density at radius 1 is 1.38 bits per heavy atom. The molecule has 0 aliphatic rings. The Hall–Kier alpha value is -1.39. The first-order chi connectivity index (χ1) is 7.68. The molecule has 2 rings (SSSR count). The van der Waals surface area contributed by atoms with Gasteiger partial charge in [-0.1, -0.05) is 17.7 Å². The molecule has 2 aromatic heterocycles. The van der Waals surface area contributed by atoms with E-state index < -0.39 is 11.9 Å². The minimum Gasteiger partial charge on any atom is -0.480 e. The second kappa shape index (κ2) is 4.63. The van der Waals surface area contributed by atoms with Crippen molar-refractivity contribution in [3.63, 3.8) is 0 Å². The van der Waals surface area contributed by atoms with E-state index in [0.717, 1.165) is 0 Å². The predicted octanol–water partition coefficient (Wildman–Crippen LogP) is 3.01. The van der Waals surface area contributed by atoms with Crippen LogP contribution in [-0.4, -0.2) is 16.1 Å². The lowest BCUT2D eigenvalue weighted by molar-refractivity contribution is -0.137. The van der Waals surface area contributed by atoms with Crippen molar-refractivity contribution < 1.29 is 9.90 Å². The molecule has 1 atom stereocenters. The summed E-state index contributed by atoms with van der Waals surface area (Å²) in [6, 6.07) is 8.64. The van der Waals surface area contributed by atoms with Gasteiger partial charge >= 0.3 is 5.97 Å². The molecule has 5 heteroatoms. The summed E-state index contributed by atoms with van der Waals surface area (Å²) in [6.45, 7) is 0. The molecule has 0 bridgehead atoms. The van der Waals surface area contributed by atoms with Gasteiger partial charge in [0.2, 0.25) is 0 Å². The Balaban J connectivity index is 2.43. The highest BCUT2D eigenvalue weighted by atomic mass is 35.5. The molecule has 0 aliphatic heterocycles. The maximum absolute atomic E-state index is 11.2. The zero-order valence-corrected chi connectivity index (χ0v) is 9.70. The predicted molar refractivity (Wildman–Crippen MR) is 63.0 cm³/mol. The average Bonchev–Trinajstić information content (AvgIpc) is 2.66. The third-order valence-corrected chi connectivity index (χ3v) is 3.41. The van der Waals surface area contributed by atoms with E-state index in [2.05, 4.69) is 4.98 Å². The Morgan fingerprint density at radius 2 is 2.19 bits per heavy atom. The number of hydrogen-bond acceptors (Lipinski definition) is 3. The molecule has 0 radical (unpaired) electrons. The van der Waals surface area contributed by atoms with Gasteiger partial charge in [-0.25, -0.2) is 0 Å². The van der Waals surface area contributed by atoms with Gasteiger partial charge < -0.3 is 5.11 Å². The SMILES string of the molecule is O=C(O)C(c1ccccn1)c1ccc(Cl)s1. The molecular weight excluding hydrogens is 246 g/mol. The monoisotopic (exact) mass is 253 g/mol. The van der Waals surface area contributed by atoms with E-state index in [1.54, 1.807) is 36.5 Å². The Labute approximate surface area is 101 Å². The van der Waals surface area contributed by atoms with Crippen LogP contribution in [0.3, 0.4) is 0 Å². The first-order valence-corrected chi connectivity index (χ1v) is 5.77. The molecule has 0 aliphatic carbocycles. The van der Waals surface area contributed by atoms with Gasteiger partial charge in [-0.2, -0.15) is 0 Å². The summed E-state index contributed by atoms with van der Waals surface area (Å²) in [4.78, 5) is 16.0. The third kappa shape index (κ3) is 2.23. The van der Waals surface area contributed by atoms with E-state index in [1.807, 2.05) is 0 Å². The minimum absolute atomic E-state index is 0.522. The van der Waals surface area contributed by atoms with Crippen LogP contribution in [0.25, 0.3) is 0 Å². The van der Waals surface area contributed by atoms with Crippen molar-refractivity contribution in [2.24, 2.45) is 0 Å². The lowest BCUT2D eigenvalue weighted by atomic mass is 10.0. The maximum Gasteiger partial charge on any atom is 0.317 e. The number of halogens is 1. The highest BCUT2D eigenvalue weighted by Gasteiger charge is 2.24. The normalized spacial score (nSPS) is 12.3. The van der Waals surface area contributed by atoms with Gasteiger partial charge in [0.05, 0.1) is 10.0 Å². The first-order valence-electron chi connectivity index (χ1n) is 4.57. The molecule has 0 aromatic carbocycles. The highest BCUT2D eigenvalue weighted by molar-refractivity contribution is 7.16. The molecule has 3 nitrogen and oxygen atoms in total. The van der Waals surface area contributed by atoms with Crippen molar-refractivity contribution in [1.82, 2.24) is 4.98 Å². The van der Waals surface area contributed by atoms with Crippen molar-refractivity contribution in [3.8, 4) is 0 Å². The summed E-state index contributed by atoms with van der Waals surface area (Å²) < 4.78 is 0.581. The van der Waals surface area contributed by atoms with E-state index in [0.29, 0.717) is 14.9 Å². The van der Waals surface area contributed by atoms with Gasteiger partial charge in [-0.05, 0) is 24.3 Å². The number of carboxylic acid groups (broad SMARTS) is 1. The molecule has 0 saturated heterocycles. The quantitative estimate of drug-likeness (QED) is 0.915. The van der Waals surface area contributed by atoms with Crippen LogP contribution in [0, 0.1) is 0 Å². The fourth-order valence-corrected chi connectivity index (χ4v) is 2.59. The van der Waals surface area contributed by atoms with Gasteiger partial charge in [-0.15, -0.1) is 11.3 Å². The standard InChI is InChI=1S/C11H8ClNO2S/c12-9-5-4-8(16-9)10(11(14)15)7-3-1-2-6-13-7/h1-6,10H,(H,14,15). The van der Waals surface area contributed by atoms with Crippen molar-refractivity contribution in [3.05, 3.63) is 51.4 Å². The second-order valence-electron chi connectivity index (χ2n) is 3.17. The lowest BCUT2D eigenvalue weighted by Gasteiger charge is -2.08. The highest BCUT2D eigenvalue weighted by Crippen LogP contribution is 2.31. The van der Waals surface area contributed by atoms with Crippen LogP contribution < -0.4 is 0 Å². The molecule has 1 N–H and O–H groups in total. The molecule has 0 fully saturated rings. The number of carbonyl (C=O) groups is 1. The first kappa shape index (κ1) is 11.1. The zero-order chi connectivity index (χ0) is 11.5. The number of carboxylic acids is 1. The van der Waals surface area contributed by atoms with Gasteiger partial charge in [0.25, 0.3) is 0 Å². The fourth-order valence-electron chi connectivity index (χ4n) is 1.42. The largest absolute Gasteiger partial charge is 0.480 e. The van der Waals surface area contributed by atoms with Gasteiger partial charge in [-0.3, -0.25) is 9.78 Å². The molecule has 2 aromatic rings. The van der Waals surface area contributed by atoms with Crippen molar-refractivity contribution in [1.29, 1.82) is 0 Å². The Bertz CT molecular complexity index is 498. The molecule has 82 valence electrons. The van der Waals surface area contributed by atoms with Gasteiger partial charge in [0.15, 0.2) is 0 Å². The van der Waals surface area contributed by atoms with Crippen LogP contribution in [-0.2, 0) is 4.79 Å². The number of thiophene rings is 1. The third-order valence-electron chi connectivity index (χ3n) is 2.11. The topological polar surface area (TPSA) is 50.2 Å². The minimum atomic E-state index is -0.919. The summed E-state index contributed by atoms with van der Waals surface area (Å²) in [5.41, 5.74) is 0.522. The Morgan fingerprint density at radius 3 is 2.69 bits per heavy atom. The number of rotatable bonds is 3. The van der Waals surface area contributed by atoms with Crippen LogP contribution in [0.5, 0.6) is 0 Å². The number of aliphatic carboxylic acids is 1. The van der Waals surface area contributed by atoms with E-state index in [4.69, 9.17) is 11.6 Å². The number of nitrogens with zero attached hydrogens (tertiary/aromatic N) is 1. The molecule has 0 spiro atoms. The average molecular weight is 254 g/mol. The molecule has 0 saturated carbocycles. The Kier molecular flexibility index (Phi) is 3.22. The van der Waals surface area contributed by atoms with Gasteiger partial charge in [0.1, 0.15) is 5.92 Å². The van der Waals surface area contributed by atoms with Crippen molar-refractivity contribution >= 4 is 28.9 Å². The zero-order valence-electron chi connectivity index (χ0n) is 8.13. The van der Waals surface area contributed by atoms with Crippen molar-refractivity contribution in [2.75, 3.05) is 0 Å². The maximum atomic E-state index is 11.2. The van der Waals surface area contributed by atoms with Crippen LogP contribution in [0.2, 0.25) is 4.34 Å². The molecular formula is C11H8ClNO2S. The number of hydrogen-bond donors (Lipinski definition) is 1. The molecule has 1 unspecified atom stereocenters. The summed E-state index contributed by atoms with van der Waals surface area (Å²) in [5, 5.41) is 9.21. The van der Waals surface area contributed by atoms with Crippen LogP contribution in [0.15, 0.2) is 36.5 Å². The lowest BCUT2D eigenvalue weighted by Crippen LogP contribution is -2.12. The van der Waals surface area contributed by atoms with E-state index in [9.17, 15) is 9.90 Å². The van der Waals surface area contributed by atoms with E-state index in [-0.39, 0.29) is 0 Å². The smallest absolute Gasteiger partial charge is 0.317 e. The van der Waals surface area contributed by atoms with Gasteiger partial charge in [0, 0.05) is 11.1 Å². The summed E-state index contributed by atoms with van der Waals surface area (Å²) in [7, 11) is 0. The van der Waals surface area contributed by atoms with Crippen molar-refractivity contribution in [2.45, 2.75) is 5.92 Å². The summed E-state index contributed by atoms with van der Waals surface area (Å²) in [5.74, 6) is -1.66. The second-order valence-corrected chi connectivity index (χ2v) is 4.91. The molecule has 16 heavy (non-hydrogen) atoms. The summed E-state index contributed by atoms with van der Waals surface area (Å²) in [6.07, 6.45) is 1.58. The van der Waals surface area contributed by atoms with Crippen LogP contribution in [0.1, 0.15) is 16.5 Å². The van der Waals surface area contributed by atoms with Crippen LogP contribution in [0.4, 0.5) is 0 Å². The summed E-state index contributed by atoms with van der Waals surface area (Å²) >= 11 is 7.07. The van der Waals surface area contributed by atoms with E-state index in [1.165, 1.54) is 11.3 Å².